The Bertz CT molecular complexity index is 575. The molecule has 0 fully saturated rings. The van der Waals surface area contributed by atoms with Gasteiger partial charge < -0.3 is 5.11 Å². The molecule has 1 heterocycles. The highest BCUT2D eigenvalue weighted by Crippen LogP contribution is 2.27. The van der Waals surface area contributed by atoms with Crippen LogP contribution in [0.3, 0.4) is 0 Å². The van der Waals surface area contributed by atoms with Gasteiger partial charge in [-0.25, -0.2) is 0 Å². The summed E-state index contributed by atoms with van der Waals surface area (Å²) in [5.74, 6) is 0. The molecule has 1 N–H and O–H groups in total. The summed E-state index contributed by atoms with van der Waals surface area (Å²) in [4.78, 5) is 4.41. The quantitative estimate of drug-likeness (QED) is 0.874. The lowest BCUT2D eigenvalue weighted by Gasteiger charge is -2.17. The minimum absolute atomic E-state index is 0.599. The van der Waals surface area contributed by atoms with Crippen molar-refractivity contribution >= 4 is 0 Å². The Morgan fingerprint density at radius 1 is 0.944 bits per heavy atom. The molecule has 94 valence electrons. The van der Waals surface area contributed by atoms with Crippen molar-refractivity contribution in [3.63, 3.8) is 0 Å². The third-order valence-electron chi connectivity index (χ3n) is 3.29. The van der Waals surface area contributed by atoms with Crippen molar-refractivity contribution in [2.75, 3.05) is 0 Å². The average Bonchev–Trinajstić information content (AvgIpc) is 2.31. The number of pyridine rings is 1. The topological polar surface area (TPSA) is 33.1 Å². The number of aromatic nitrogens is 1. The van der Waals surface area contributed by atoms with E-state index in [0.717, 1.165) is 33.6 Å². The van der Waals surface area contributed by atoms with E-state index in [1.165, 1.54) is 0 Å². The number of hydrogen-bond acceptors (Lipinski definition) is 2. The van der Waals surface area contributed by atoms with Crippen LogP contribution in [0.5, 0.6) is 0 Å². The second-order valence-electron chi connectivity index (χ2n) is 4.89. The smallest absolute Gasteiger partial charge is 0.106 e. The molecule has 2 rings (SSSR count). The van der Waals surface area contributed by atoms with E-state index in [-0.39, 0.29) is 0 Å². The SMILES string of the molecule is Cc1ccc(C)c(C(O)c2ccc(C)nc2C)c1. The van der Waals surface area contributed by atoms with Gasteiger partial charge in [0.1, 0.15) is 6.10 Å². The number of aliphatic hydroxyl groups excluding tert-OH is 1. The van der Waals surface area contributed by atoms with Gasteiger partial charge in [-0.15, -0.1) is 0 Å². The average molecular weight is 241 g/mol. The Balaban J connectivity index is 2.47. The van der Waals surface area contributed by atoms with Gasteiger partial charge in [-0.2, -0.15) is 0 Å². The molecule has 1 atom stereocenters. The number of aryl methyl sites for hydroxylation is 4. The van der Waals surface area contributed by atoms with E-state index in [9.17, 15) is 5.11 Å². The van der Waals surface area contributed by atoms with Gasteiger partial charge in [0, 0.05) is 17.0 Å². The van der Waals surface area contributed by atoms with Crippen molar-refractivity contribution in [2.24, 2.45) is 0 Å². The fourth-order valence-electron chi connectivity index (χ4n) is 2.21. The van der Waals surface area contributed by atoms with Crippen LogP contribution in [0.1, 0.15) is 39.7 Å². The maximum absolute atomic E-state index is 10.5. The predicted molar refractivity (Wildman–Crippen MR) is 73.7 cm³/mol. The van der Waals surface area contributed by atoms with Crippen LogP contribution >= 0.6 is 0 Å². The van der Waals surface area contributed by atoms with Crippen LogP contribution in [-0.2, 0) is 0 Å². The minimum atomic E-state index is -0.599. The highest BCUT2D eigenvalue weighted by Gasteiger charge is 2.15. The number of aliphatic hydroxyl groups is 1. The van der Waals surface area contributed by atoms with Gasteiger partial charge in [0.05, 0.1) is 0 Å². The van der Waals surface area contributed by atoms with Crippen LogP contribution in [0.4, 0.5) is 0 Å². The Morgan fingerprint density at radius 3 is 2.33 bits per heavy atom. The summed E-state index contributed by atoms with van der Waals surface area (Å²) in [5.41, 5.74) is 5.98. The summed E-state index contributed by atoms with van der Waals surface area (Å²) in [6.45, 7) is 7.96. The van der Waals surface area contributed by atoms with E-state index in [1.807, 2.05) is 52.0 Å². The molecule has 2 heteroatoms. The van der Waals surface area contributed by atoms with E-state index < -0.39 is 6.10 Å². The van der Waals surface area contributed by atoms with E-state index in [4.69, 9.17) is 0 Å². The Kier molecular flexibility index (Phi) is 3.48. The molecule has 0 aliphatic carbocycles. The fraction of sp³-hybridized carbons (Fsp3) is 0.312. The van der Waals surface area contributed by atoms with E-state index in [0.29, 0.717) is 0 Å². The van der Waals surface area contributed by atoms with Gasteiger partial charge in [0.25, 0.3) is 0 Å². The third-order valence-corrected chi connectivity index (χ3v) is 3.29. The molecule has 0 saturated heterocycles. The monoisotopic (exact) mass is 241 g/mol. The highest BCUT2D eigenvalue weighted by molar-refractivity contribution is 5.39. The molecule has 0 radical (unpaired) electrons. The molecule has 2 nitrogen and oxygen atoms in total. The lowest BCUT2D eigenvalue weighted by Crippen LogP contribution is -2.06. The standard InChI is InChI=1S/C16H19NO/c1-10-5-6-11(2)15(9-10)16(18)14-8-7-12(3)17-13(14)4/h5-9,16,18H,1-4H3. The molecule has 1 aromatic heterocycles. The van der Waals surface area contributed by atoms with Crippen molar-refractivity contribution in [1.29, 1.82) is 0 Å². The molecule has 18 heavy (non-hydrogen) atoms. The first-order chi connectivity index (χ1) is 8.49. The predicted octanol–water partition coefficient (Wildman–Crippen LogP) is 3.40. The van der Waals surface area contributed by atoms with Gasteiger partial charge in [-0.05, 0) is 44.9 Å². The molecular formula is C16H19NO. The second kappa shape index (κ2) is 4.91. The Morgan fingerprint density at radius 2 is 1.67 bits per heavy atom. The second-order valence-corrected chi connectivity index (χ2v) is 4.89. The zero-order valence-electron chi connectivity index (χ0n) is 11.4. The first kappa shape index (κ1) is 12.8. The van der Waals surface area contributed by atoms with Gasteiger partial charge >= 0.3 is 0 Å². The van der Waals surface area contributed by atoms with E-state index in [2.05, 4.69) is 11.1 Å². The molecule has 0 amide bonds. The number of hydrogen-bond donors (Lipinski definition) is 1. The fourth-order valence-corrected chi connectivity index (χ4v) is 2.21. The summed E-state index contributed by atoms with van der Waals surface area (Å²) in [6.07, 6.45) is -0.599. The molecule has 2 aromatic rings. The minimum Gasteiger partial charge on any atom is -0.384 e. The van der Waals surface area contributed by atoms with Crippen LogP contribution in [0, 0.1) is 27.7 Å². The third kappa shape index (κ3) is 2.44. The number of nitrogens with zero attached hydrogens (tertiary/aromatic N) is 1. The molecular weight excluding hydrogens is 222 g/mol. The Labute approximate surface area is 108 Å². The molecule has 0 bridgehead atoms. The zero-order valence-corrected chi connectivity index (χ0v) is 11.4. The number of benzene rings is 1. The van der Waals surface area contributed by atoms with E-state index >= 15 is 0 Å². The first-order valence-electron chi connectivity index (χ1n) is 6.18. The largest absolute Gasteiger partial charge is 0.384 e. The maximum atomic E-state index is 10.5. The lowest BCUT2D eigenvalue weighted by atomic mass is 9.95. The maximum Gasteiger partial charge on any atom is 0.106 e. The molecule has 1 unspecified atom stereocenters. The van der Waals surface area contributed by atoms with Crippen LogP contribution in [0.15, 0.2) is 30.3 Å². The van der Waals surface area contributed by atoms with Crippen molar-refractivity contribution in [3.05, 3.63) is 64.0 Å². The van der Waals surface area contributed by atoms with Crippen LogP contribution in [0.2, 0.25) is 0 Å². The number of rotatable bonds is 2. The van der Waals surface area contributed by atoms with Gasteiger partial charge in [-0.1, -0.05) is 29.8 Å². The molecule has 0 saturated carbocycles. The lowest BCUT2D eigenvalue weighted by molar-refractivity contribution is 0.218. The summed E-state index contributed by atoms with van der Waals surface area (Å²) in [6, 6.07) is 10.1. The van der Waals surface area contributed by atoms with Crippen molar-refractivity contribution < 1.29 is 5.11 Å². The summed E-state index contributed by atoms with van der Waals surface area (Å²) >= 11 is 0. The molecule has 0 aliphatic heterocycles. The summed E-state index contributed by atoms with van der Waals surface area (Å²) in [5, 5.41) is 10.5. The first-order valence-corrected chi connectivity index (χ1v) is 6.18. The molecule has 1 aromatic carbocycles. The summed E-state index contributed by atoms with van der Waals surface area (Å²) in [7, 11) is 0. The Hall–Kier alpha value is -1.67. The van der Waals surface area contributed by atoms with Gasteiger partial charge in [0.15, 0.2) is 0 Å². The highest BCUT2D eigenvalue weighted by atomic mass is 16.3. The normalized spacial score (nSPS) is 12.5. The van der Waals surface area contributed by atoms with E-state index in [1.54, 1.807) is 0 Å². The molecule has 0 spiro atoms. The van der Waals surface area contributed by atoms with Crippen LogP contribution in [-0.4, -0.2) is 10.1 Å². The van der Waals surface area contributed by atoms with Crippen molar-refractivity contribution in [2.45, 2.75) is 33.8 Å². The summed E-state index contributed by atoms with van der Waals surface area (Å²) < 4.78 is 0. The van der Waals surface area contributed by atoms with Gasteiger partial charge in [0.2, 0.25) is 0 Å². The van der Waals surface area contributed by atoms with Crippen LogP contribution < -0.4 is 0 Å². The van der Waals surface area contributed by atoms with Crippen LogP contribution in [0.25, 0.3) is 0 Å². The van der Waals surface area contributed by atoms with Gasteiger partial charge in [-0.3, -0.25) is 4.98 Å². The zero-order chi connectivity index (χ0) is 13.3. The molecule has 0 aliphatic rings. The van der Waals surface area contributed by atoms with Crippen molar-refractivity contribution in [1.82, 2.24) is 4.98 Å². The van der Waals surface area contributed by atoms with Crippen molar-refractivity contribution in [3.8, 4) is 0 Å².